The van der Waals surface area contributed by atoms with Gasteiger partial charge in [-0.2, -0.15) is 0 Å². The van der Waals surface area contributed by atoms with Crippen molar-refractivity contribution in [3.63, 3.8) is 0 Å². The molecular formula is C14H24N2O. The van der Waals surface area contributed by atoms with Gasteiger partial charge in [0.1, 0.15) is 0 Å². The second kappa shape index (κ2) is 9.14. The van der Waals surface area contributed by atoms with Crippen LogP contribution in [-0.2, 0) is 6.42 Å². The maximum absolute atomic E-state index is 8.96. The van der Waals surface area contributed by atoms with Crippen molar-refractivity contribution in [3.05, 3.63) is 30.1 Å². The number of nitrogens with one attached hydrogen (secondary N) is 1. The van der Waals surface area contributed by atoms with Gasteiger partial charge in [0.05, 0.1) is 0 Å². The molecule has 0 saturated heterocycles. The highest BCUT2D eigenvalue weighted by Gasteiger charge is 2.05. The first-order valence-corrected chi connectivity index (χ1v) is 6.57. The maximum Gasteiger partial charge on any atom is 0.0434 e. The van der Waals surface area contributed by atoms with E-state index in [1.54, 1.807) is 0 Å². The molecule has 0 aliphatic carbocycles. The van der Waals surface area contributed by atoms with Crippen LogP contribution in [0.2, 0.25) is 0 Å². The molecule has 0 aliphatic heterocycles. The fraction of sp³-hybridized carbons (Fsp3) is 0.643. The van der Waals surface area contributed by atoms with Crippen molar-refractivity contribution in [2.75, 3.05) is 19.7 Å². The molecule has 0 radical (unpaired) electrons. The molecule has 1 atom stereocenters. The van der Waals surface area contributed by atoms with E-state index in [0.717, 1.165) is 25.9 Å². The quantitative estimate of drug-likeness (QED) is 0.645. The molecule has 0 spiro atoms. The number of pyridine rings is 1. The third-order valence-corrected chi connectivity index (χ3v) is 3.01. The minimum absolute atomic E-state index is 0.302. The molecule has 0 bridgehead atoms. The van der Waals surface area contributed by atoms with Crippen molar-refractivity contribution in [1.29, 1.82) is 0 Å². The van der Waals surface area contributed by atoms with E-state index in [-0.39, 0.29) is 0 Å². The Bertz CT molecular complexity index is 271. The van der Waals surface area contributed by atoms with Crippen molar-refractivity contribution < 1.29 is 5.11 Å². The van der Waals surface area contributed by atoms with Crippen LogP contribution in [0.5, 0.6) is 0 Å². The summed E-state index contributed by atoms with van der Waals surface area (Å²) in [6.07, 6.45) is 8.01. The number of aromatic nitrogens is 1. The summed E-state index contributed by atoms with van der Waals surface area (Å²) in [5.41, 5.74) is 1.32. The van der Waals surface area contributed by atoms with Crippen molar-refractivity contribution in [2.24, 2.45) is 5.92 Å². The Kier molecular flexibility index (Phi) is 7.60. The van der Waals surface area contributed by atoms with Crippen LogP contribution in [0.1, 0.15) is 31.7 Å². The Balaban J connectivity index is 2.13. The topological polar surface area (TPSA) is 45.1 Å². The van der Waals surface area contributed by atoms with Gasteiger partial charge in [-0.15, -0.1) is 0 Å². The summed E-state index contributed by atoms with van der Waals surface area (Å²) in [7, 11) is 0. The van der Waals surface area contributed by atoms with Crippen molar-refractivity contribution in [1.82, 2.24) is 10.3 Å². The van der Waals surface area contributed by atoms with E-state index in [9.17, 15) is 0 Å². The Morgan fingerprint density at radius 2 is 2.06 bits per heavy atom. The number of nitrogens with zero attached hydrogens (tertiary/aromatic N) is 1. The minimum Gasteiger partial charge on any atom is -0.396 e. The molecule has 0 saturated carbocycles. The molecule has 0 fully saturated rings. The molecule has 1 unspecified atom stereocenters. The van der Waals surface area contributed by atoms with E-state index in [4.69, 9.17) is 5.11 Å². The summed E-state index contributed by atoms with van der Waals surface area (Å²) in [6, 6.07) is 4.11. The minimum atomic E-state index is 0.302. The molecule has 17 heavy (non-hydrogen) atoms. The zero-order valence-corrected chi connectivity index (χ0v) is 10.7. The molecule has 3 heteroatoms. The van der Waals surface area contributed by atoms with Gasteiger partial charge in [0.2, 0.25) is 0 Å². The number of aliphatic hydroxyl groups excluding tert-OH is 1. The fourth-order valence-corrected chi connectivity index (χ4v) is 2.03. The van der Waals surface area contributed by atoms with Crippen LogP contribution >= 0.6 is 0 Å². The fourth-order valence-electron chi connectivity index (χ4n) is 2.03. The van der Waals surface area contributed by atoms with Crippen molar-refractivity contribution >= 4 is 0 Å². The maximum atomic E-state index is 8.96. The average molecular weight is 236 g/mol. The van der Waals surface area contributed by atoms with E-state index in [2.05, 4.69) is 29.4 Å². The standard InChI is InChI=1S/C14H24N2O/c1-2-3-14(7-11-17)12-16-10-6-13-4-8-15-9-5-13/h4-5,8-9,14,16-17H,2-3,6-7,10-12H2,1H3. The van der Waals surface area contributed by atoms with Gasteiger partial charge in [0, 0.05) is 19.0 Å². The number of aliphatic hydroxyl groups is 1. The smallest absolute Gasteiger partial charge is 0.0434 e. The first-order valence-electron chi connectivity index (χ1n) is 6.57. The zero-order valence-electron chi connectivity index (χ0n) is 10.7. The van der Waals surface area contributed by atoms with Crippen LogP contribution in [0, 0.1) is 5.92 Å². The van der Waals surface area contributed by atoms with Gasteiger partial charge in [-0.3, -0.25) is 4.98 Å². The highest BCUT2D eigenvalue weighted by atomic mass is 16.3. The Morgan fingerprint density at radius 3 is 2.71 bits per heavy atom. The van der Waals surface area contributed by atoms with Gasteiger partial charge >= 0.3 is 0 Å². The second-order valence-electron chi connectivity index (χ2n) is 4.48. The molecule has 0 aliphatic rings. The van der Waals surface area contributed by atoms with E-state index in [1.807, 2.05) is 12.4 Å². The van der Waals surface area contributed by atoms with Gasteiger partial charge in [-0.05, 0) is 56.0 Å². The predicted molar refractivity (Wildman–Crippen MR) is 70.9 cm³/mol. The highest BCUT2D eigenvalue weighted by Crippen LogP contribution is 2.09. The zero-order chi connectivity index (χ0) is 12.3. The van der Waals surface area contributed by atoms with E-state index >= 15 is 0 Å². The lowest BCUT2D eigenvalue weighted by Crippen LogP contribution is -2.25. The lowest BCUT2D eigenvalue weighted by molar-refractivity contribution is 0.248. The molecule has 1 heterocycles. The Morgan fingerprint density at radius 1 is 1.29 bits per heavy atom. The summed E-state index contributed by atoms with van der Waals surface area (Å²) in [5, 5.41) is 12.4. The van der Waals surface area contributed by atoms with Crippen LogP contribution < -0.4 is 5.32 Å². The monoisotopic (exact) mass is 236 g/mol. The Labute approximate surface area is 104 Å². The third-order valence-electron chi connectivity index (χ3n) is 3.01. The van der Waals surface area contributed by atoms with E-state index in [1.165, 1.54) is 18.4 Å². The van der Waals surface area contributed by atoms with Crippen molar-refractivity contribution in [2.45, 2.75) is 32.6 Å². The molecule has 0 amide bonds. The average Bonchev–Trinajstić information content (AvgIpc) is 2.36. The van der Waals surface area contributed by atoms with Gasteiger partial charge in [-0.1, -0.05) is 13.3 Å². The molecule has 0 aromatic carbocycles. The number of hydrogen-bond donors (Lipinski definition) is 2. The largest absolute Gasteiger partial charge is 0.396 e. The molecule has 1 aromatic rings. The molecule has 2 N–H and O–H groups in total. The summed E-state index contributed by atoms with van der Waals surface area (Å²) in [4.78, 5) is 4.00. The van der Waals surface area contributed by atoms with Gasteiger partial charge in [0.25, 0.3) is 0 Å². The van der Waals surface area contributed by atoms with Gasteiger partial charge in [0.15, 0.2) is 0 Å². The highest BCUT2D eigenvalue weighted by molar-refractivity contribution is 5.09. The first-order chi connectivity index (χ1) is 8.36. The number of hydrogen-bond acceptors (Lipinski definition) is 3. The van der Waals surface area contributed by atoms with Crippen LogP contribution in [0.4, 0.5) is 0 Å². The van der Waals surface area contributed by atoms with Crippen molar-refractivity contribution in [3.8, 4) is 0 Å². The van der Waals surface area contributed by atoms with Gasteiger partial charge in [-0.25, -0.2) is 0 Å². The molecule has 3 nitrogen and oxygen atoms in total. The normalized spacial score (nSPS) is 12.6. The number of rotatable bonds is 9. The third kappa shape index (κ3) is 6.39. The van der Waals surface area contributed by atoms with E-state index < -0.39 is 0 Å². The lowest BCUT2D eigenvalue weighted by Gasteiger charge is -2.15. The second-order valence-corrected chi connectivity index (χ2v) is 4.48. The van der Waals surface area contributed by atoms with E-state index in [0.29, 0.717) is 12.5 Å². The first kappa shape index (κ1) is 14.1. The van der Waals surface area contributed by atoms with Crippen LogP contribution in [0.25, 0.3) is 0 Å². The lowest BCUT2D eigenvalue weighted by atomic mass is 10.0. The Hall–Kier alpha value is -0.930. The SMILES string of the molecule is CCCC(CCO)CNCCc1ccncc1. The van der Waals surface area contributed by atoms with Crippen LogP contribution in [0.3, 0.4) is 0 Å². The molecule has 96 valence electrons. The molecule has 1 aromatic heterocycles. The van der Waals surface area contributed by atoms with Crippen LogP contribution in [0.15, 0.2) is 24.5 Å². The summed E-state index contributed by atoms with van der Waals surface area (Å²) >= 11 is 0. The molecule has 1 rings (SSSR count). The predicted octanol–water partition coefficient (Wildman–Crippen LogP) is 2.01. The van der Waals surface area contributed by atoms with Crippen LogP contribution in [-0.4, -0.2) is 29.8 Å². The van der Waals surface area contributed by atoms with Gasteiger partial charge < -0.3 is 10.4 Å². The summed E-state index contributed by atoms with van der Waals surface area (Å²) in [6.45, 7) is 4.51. The summed E-state index contributed by atoms with van der Waals surface area (Å²) in [5.74, 6) is 0.613. The molecular weight excluding hydrogens is 212 g/mol. The summed E-state index contributed by atoms with van der Waals surface area (Å²) < 4.78 is 0.